The molecule has 0 amide bonds. The van der Waals surface area contributed by atoms with Crippen molar-refractivity contribution in [3.05, 3.63) is 308 Å². The second-order valence-corrected chi connectivity index (χ2v) is 28.9. The molecule has 5 heterocycles. The fourth-order valence-corrected chi connectivity index (χ4v) is 16.5. The Morgan fingerprint density at radius 1 is 0.260 bits per heavy atom. The van der Waals surface area contributed by atoms with Gasteiger partial charge in [-0.2, -0.15) is 0 Å². The molecule has 0 aliphatic carbocycles. The van der Waals surface area contributed by atoms with E-state index in [0.717, 1.165) is 59.5 Å². The first-order valence-electron chi connectivity index (χ1n) is 33.4. The molecule has 0 spiro atoms. The van der Waals surface area contributed by atoms with Crippen LogP contribution in [0.1, 0.15) is 27.7 Å². The van der Waals surface area contributed by atoms with Gasteiger partial charge in [0.15, 0.2) is 34.9 Å². The van der Waals surface area contributed by atoms with Gasteiger partial charge in [-0.15, -0.1) is 22.7 Å². The first-order chi connectivity index (χ1) is 49.0. The van der Waals surface area contributed by atoms with Crippen LogP contribution in [0.4, 0.5) is 0 Å². The van der Waals surface area contributed by atoms with Crippen LogP contribution >= 0.6 is 38.6 Å². The third-order valence-corrected chi connectivity index (χ3v) is 22.4. The molecule has 1 fully saturated rings. The van der Waals surface area contributed by atoms with Crippen molar-refractivity contribution in [1.82, 2.24) is 29.9 Å². The van der Waals surface area contributed by atoms with Gasteiger partial charge in [-0.25, -0.2) is 29.9 Å². The summed E-state index contributed by atoms with van der Waals surface area (Å²) in [6.07, 6.45) is 0. The highest BCUT2D eigenvalue weighted by Crippen LogP contribution is 2.45. The average molecular weight is 1390 g/mol. The monoisotopic (exact) mass is 1390 g/mol. The SMILES string of the molecule is Brc1ccc(-c2nc(-c3ccccc3)nc(-c3ccccc3)n2)c2ccccc12.CC1(C)OB(c2cccc3c2ccc2c4ccccc4sc32)OC1(C)C.c1ccc(-c2nc(-c3ccccc3)nc(-c3ccc(-c4cccc5c4ccc4c6ccccc6sc54)c4ccccc34)n2)cc1. The van der Waals surface area contributed by atoms with Crippen molar-refractivity contribution in [3.8, 4) is 79.5 Å². The quantitative estimate of drug-likeness (QED) is 0.139. The molecule has 4 aromatic heterocycles. The maximum Gasteiger partial charge on any atom is 0.495 e. The van der Waals surface area contributed by atoms with Gasteiger partial charge in [-0.05, 0) is 112 Å². The Kier molecular flexibility index (Phi) is 16.3. The van der Waals surface area contributed by atoms with Gasteiger partial charge >= 0.3 is 7.12 Å². The Labute approximate surface area is 595 Å². The number of hydrogen-bond donors (Lipinski definition) is 0. The van der Waals surface area contributed by atoms with E-state index < -0.39 is 0 Å². The number of fused-ring (bicyclic) bond motifs is 12. The Morgan fingerprint density at radius 3 is 1.03 bits per heavy atom. The van der Waals surface area contributed by atoms with Crippen LogP contribution in [0.25, 0.3) is 163 Å². The van der Waals surface area contributed by atoms with Gasteiger partial charge in [0.2, 0.25) is 0 Å². The fourth-order valence-electron chi connectivity index (χ4n) is 13.6. The topological polar surface area (TPSA) is 95.8 Å². The Morgan fingerprint density at radius 2 is 0.560 bits per heavy atom. The highest BCUT2D eigenvalue weighted by Gasteiger charge is 2.52. The van der Waals surface area contributed by atoms with Gasteiger partial charge in [0.1, 0.15) is 0 Å². The minimum atomic E-state index is -0.337. The summed E-state index contributed by atoms with van der Waals surface area (Å²) in [6, 6.07) is 105. The molecule has 478 valence electrons. The molecule has 1 aliphatic rings. The summed E-state index contributed by atoms with van der Waals surface area (Å²) in [5, 5.41) is 14.8. The molecular formula is C88H62BBrN6O2S2. The zero-order valence-corrected chi connectivity index (χ0v) is 58.4. The summed E-state index contributed by atoms with van der Waals surface area (Å²) >= 11 is 7.39. The van der Waals surface area contributed by atoms with E-state index in [4.69, 9.17) is 39.2 Å². The molecule has 14 aromatic carbocycles. The van der Waals surface area contributed by atoms with E-state index in [-0.39, 0.29) is 18.3 Å². The molecule has 18 aromatic rings. The molecule has 100 heavy (non-hydrogen) atoms. The van der Waals surface area contributed by atoms with Crippen molar-refractivity contribution in [2.24, 2.45) is 0 Å². The van der Waals surface area contributed by atoms with Crippen molar-refractivity contribution in [1.29, 1.82) is 0 Å². The summed E-state index contributed by atoms with van der Waals surface area (Å²) in [4.78, 5) is 29.4. The Hall–Kier alpha value is -11.0. The van der Waals surface area contributed by atoms with Crippen molar-refractivity contribution in [2.45, 2.75) is 38.9 Å². The summed E-state index contributed by atoms with van der Waals surface area (Å²) in [5.41, 5.74) is 8.69. The number of thiophene rings is 2. The van der Waals surface area contributed by atoms with Crippen molar-refractivity contribution >= 4 is 135 Å². The number of rotatable bonds is 8. The van der Waals surface area contributed by atoms with Crippen molar-refractivity contribution in [3.63, 3.8) is 0 Å². The molecule has 0 N–H and O–H groups in total. The zero-order chi connectivity index (χ0) is 67.5. The summed E-state index contributed by atoms with van der Waals surface area (Å²) in [7, 11) is -0.337. The number of benzene rings is 14. The highest BCUT2D eigenvalue weighted by atomic mass is 79.9. The van der Waals surface area contributed by atoms with Crippen LogP contribution < -0.4 is 5.46 Å². The van der Waals surface area contributed by atoms with Crippen LogP contribution in [-0.2, 0) is 9.31 Å². The zero-order valence-electron chi connectivity index (χ0n) is 55.1. The predicted molar refractivity (Wildman–Crippen MR) is 423 cm³/mol. The molecular weight excluding hydrogens is 1330 g/mol. The van der Waals surface area contributed by atoms with E-state index in [1.807, 2.05) is 162 Å². The maximum absolute atomic E-state index is 6.31. The fraction of sp³-hybridized carbons (Fsp3) is 0.0682. The Balaban J connectivity index is 0.000000118. The summed E-state index contributed by atoms with van der Waals surface area (Å²) in [5.74, 6) is 3.99. The first kappa shape index (κ1) is 62.6. The molecule has 0 unspecified atom stereocenters. The van der Waals surface area contributed by atoms with E-state index >= 15 is 0 Å². The lowest BCUT2D eigenvalue weighted by Gasteiger charge is -2.32. The number of hydrogen-bond acceptors (Lipinski definition) is 10. The van der Waals surface area contributed by atoms with Crippen LogP contribution in [0, 0.1) is 0 Å². The van der Waals surface area contributed by atoms with Crippen LogP contribution in [0.2, 0.25) is 0 Å². The predicted octanol–water partition coefficient (Wildman–Crippen LogP) is 23.5. The van der Waals surface area contributed by atoms with Crippen LogP contribution in [0.15, 0.2) is 308 Å². The maximum atomic E-state index is 6.31. The normalized spacial score (nSPS) is 13.3. The molecule has 1 saturated heterocycles. The summed E-state index contributed by atoms with van der Waals surface area (Å²) in [6.45, 7) is 8.40. The summed E-state index contributed by atoms with van der Waals surface area (Å²) < 4.78 is 19.0. The number of halogens is 1. The van der Waals surface area contributed by atoms with Crippen LogP contribution in [0.5, 0.6) is 0 Å². The molecule has 8 nitrogen and oxygen atoms in total. The second-order valence-electron chi connectivity index (χ2n) is 25.9. The lowest BCUT2D eigenvalue weighted by Crippen LogP contribution is -2.41. The Bertz CT molecular complexity index is 6020. The lowest BCUT2D eigenvalue weighted by atomic mass is 9.76. The third-order valence-electron chi connectivity index (χ3n) is 19.3. The average Bonchev–Trinajstić information content (AvgIpc) is 1.47. The van der Waals surface area contributed by atoms with E-state index in [9.17, 15) is 0 Å². The first-order valence-corrected chi connectivity index (χ1v) is 35.9. The van der Waals surface area contributed by atoms with Gasteiger partial charge in [0.25, 0.3) is 0 Å². The van der Waals surface area contributed by atoms with Crippen molar-refractivity contribution < 1.29 is 9.31 Å². The molecule has 0 radical (unpaired) electrons. The second kappa shape index (κ2) is 26.0. The van der Waals surface area contributed by atoms with Gasteiger partial charge in [0.05, 0.1) is 11.2 Å². The molecule has 0 bridgehead atoms. The van der Waals surface area contributed by atoms with Crippen LogP contribution in [0.3, 0.4) is 0 Å². The minimum Gasteiger partial charge on any atom is -0.399 e. The van der Waals surface area contributed by atoms with E-state index in [1.54, 1.807) is 0 Å². The van der Waals surface area contributed by atoms with Crippen molar-refractivity contribution in [2.75, 3.05) is 0 Å². The van der Waals surface area contributed by atoms with Gasteiger partial charge in [-0.1, -0.05) is 289 Å². The number of aromatic nitrogens is 6. The highest BCUT2D eigenvalue weighted by molar-refractivity contribution is 9.10. The largest absolute Gasteiger partial charge is 0.495 e. The number of nitrogens with zero attached hydrogens (tertiary/aromatic N) is 6. The molecule has 19 rings (SSSR count). The van der Waals surface area contributed by atoms with E-state index in [0.29, 0.717) is 34.9 Å². The van der Waals surface area contributed by atoms with Gasteiger partial charge in [0, 0.05) is 83.6 Å². The minimum absolute atomic E-state index is 0.332. The third kappa shape index (κ3) is 11.6. The van der Waals surface area contributed by atoms with Gasteiger partial charge in [-0.3, -0.25) is 0 Å². The van der Waals surface area contributed by atoms with E-state index in [1.165, 1.54) is 78.4 Å². The standard InChI is InChI=1S/C41H25N3S.C25H16BrN3.C22H21BO2S/c1-3-12-26(13-4-1)39-42-40(27-14-5-2-6-15-27)44-41(43-39)36-25-23-31(28-16-7-8-17-30(28)36)29-19-11-20-34-32(29)22-24-35-33-18-9-10-21-37(33)45-38(34)35;26-22-16-15-21(19-13-7-8-14-20(19)22)25-28-23(17-9-3-1-4-10-17)27-24(29-25)18-11-5-2-6-12-18;1-21(2)22(3,4)25-23(24-21)18-10-7-9-16-14(18)12-13-17-15-8-5-6-11-19(15)26-20(16)17/h1-25H;1-16H;5-13H,1-4H3. The molecule has 0 saturated carbocycles. The van der Waals surface area contributed by atoms with Gasteiger partial charge < -0.3 is 9.31 Å². The molecule has 12 heteroatoms. The molecule has 0 atom stereocenters. The lowest BCUT2D eigenvalue weighted by molar-refractivity contribution is 0.00578. The smallest absolute Gasteiger partial charge is 0.399 e. The van der Waals surface area contributed by atoms with E-state index in [2.05, 4.69) is 207 Å². The molecule has 1 aliphatic heterocycles. The van der Waals surface area contributed by atoms with Crippen LogP contribution in [-0.4, -0.2) is 48.2 Å².